The molecule has 0 radical (unpaired) electrons. The van der Waals surface area contributed by atoms with Crippen LogP contribution in [0.1, 0.15) is 39.6 Å². The highest BCUT2D eigenvalue weighted by Crippen LogP contribution is 2.08. The Balaban J connectivity index is 2.51. The van der Waals surface area contributed by atoms with Gasteiger partial charge in [0.2, 0.25) is 0 Å². The van der Waals surface area contributed by atoms with Crippen molar-refractivity contribution in [2.45, 2.75) is 46.3 Å². The molecule has 5 heteroatoms. The molecule has 0 fully saturated rings. The number of aromatic nitrogens is 3. The van der Waals surface area contributed by atoms with E-state index in [0.717, 1.165) is 12.4 Å². The minimum Gasteiger partial charge on any atom is -0.307 e. The normalized spacial score (nSPS) is 15.4. The fourth-order valence-corrected chi connectivity index (χ4v) is 1.69. The zero-order valence-electron chi connectivity index (χ0n) is 10.4. The predicted molar refractivity (Wildman–Crippen MR) is 66.6 cm³/mol. The molecule has 1 aromatic rings. The number of alkyl halides is 1. The van der Waals surface area contributed by atoms with Gasteiger partial charge >= 0.3 is 0 Å². The molecule has 1 heterocycles. The highest BCUT2D eigenvalue weighted by Gasteiger charge is 2.12. The Labute approximate surface area is 102 Å². The smallest absolute Gasteiger partial charge is 0.141 e. The molecule has 0 saturated carbocycles. The van der Waals surface area contributed by atoms with E-state index in [-0.39, 0.29) is 0 Å². The summed E-state index contributed by atoms with van der Waals surface area (Å²) in [5.74, 6) is 2.10. The van der Waals surface area contributed by atoms with Gasteiger partial charge in [0.25, 0.3) is 0 Å². The third-order valence-electron chi connectivity index (χ3n) is 2.82. The van der Waals surface area contributed by atoms with Gasteiger partial charge in [-0.2, -0.15) is 5.10 Å². The lowest BCUT2D eigenvalue weighted by Gasteiger charge is -2.19. The maximum absolute atomic E-state index is 5.82. The van der Waals surface area contributed by atoms with E-state index in [1.807, 2.05) is 4.68 Å². The van der Waals surface area contributed by atoms with Crippen molar-refractivity contribution in [2.24, 2.45) is 5.92 Å². The van der Waals surface area contributed by atoms with Crippen molar-refractivity contribution >= 4 is 11.6 Å². The summed E-state index contributed by atoms with van der Waals surface area (Å²) in [6.45, 7) is 9.22. The van der Waals surface area contributed by atoms with Crippen LogP contribution in [0.4, 0.5) is 0 Å². The van der Waals surface area contributed by atoms with Crippen LogP contribution in [-0.4, -0.2) is 26.7 Å². The van der Waals surface area contributed by atoms with Crippen LogP contribution < -0.4 is 5.32 Å². The van der Waals surface area contributed by atoms with Gasteiger partial charge in [0, 0.05) is 18.0 Å². The topological polar surface area (TPSA) is 42.7 Å². The second kappa shape index (κ2) is 6.21. The molecule has 0 aliphatic carbocycles. The van der Waals surface area contributed by atoms with Gasteiger partial charge in [-0.1, -0.05) is 6.92 Å². The monoisotopic (exact) mass is 244 g/mol. The first kappa shape index (κ1) is 13.5. The van der Waals surface area contributed by atoms with Gasteiger partial charge in [0.1, 0.15) is 12.2 Å². The summed E-state index contributed by atoms with van der Waals surface area (Å²) in [5, 5.41) is 7.62. The molecule has 0 aliphatic heterocycles. The minimum atomic E-state index is 0.347. The lowest BCUT2D eigenvalue weighted by atomic mass is 10.1. The lowest BCUT2D eigenvalue weighted by molar-refractivity contribution is 0.409. The van der Waals surface area contributed by atoms with Gasteiger partial charge in [-0.15, -0.1) is 11.6 Å². The Morgan fingerprint density at radius 3 is 2.62 bits per heavy atom. The third-order valence-corrected chi connectivity index (χ3v) is 3.30. The molecule has 0 spiro atoms. The van der Waals surface area contributed by atoms with Gasteiger partial charge in [-0.25, -0.2) is 9.67 Å². The van der Waals surface area contributed by atoms with Crippen LogP contribution in [0.2, 0.25) is 0 Å². The summed E-state index contributed by atoms with van der Waals surface area (Å²) < 4.78 is 1.94. The molecule has 2 unspecified atom stereocenters. The van der Waals surface area contributed by atoms with Crippen molar-refractivity contribution in [1.29, 1.82) is 0 Å². The first-order valence-corrected chi connectivity index (χ1v) is 6.27. The molecule has 0 bridgehead atoms. The van der Waals surface area contributed by atoms with Crippen molar-refractivity contribution in [3.05, 3.63) is 12.2 Å². The number of rotatable bonds is 6. The number of hydrogen-bond donors (Lipinski definition) is 1. The average Bonchev–Trinajstić information content (AvgIpc) is 2.72. The fraction of sp³-hybridized carbons (Fsp3) is 0.818. The van der Waals surface area contributed by atoms with E-state index in [9.17, 15) is 0 Å². The molecular weight excluding hydrogens is 224 g/mol. The van der Waals surface area contributed by atoms with Crippen LogP contribution in [0.25, 0.3) is 0 Å². The fourth-order valence-electron chi connectivity index (χ4n) is 1.42. The highest BCUT2D eigenvalue weighted by molar-refractivity contribution is 6.18. The molecule has 1 aromatic heterocycles. The summed E-state index contributed by atoms with van der Waals surface area (Å²) in [5.41, 5.74) is 0. The van der Waals surface area contributed by atoms with Crippen LogP contribution in [-0.2, 0) is 6.54 Å². The molecule has 92 valence electrons. The first-order chi connectivity index (χ1) is 7.56. The zero-order valence-corrected chi connectivity index (χ0v) is 11.2. The largest absolute Gasteiger partial charge is 0.307 e. The van der Waals surface area contributed by atoms with E-state index in [0.29, 0.717) is 23.9 Å². The summed E-state index contributed by atoms with van der Waals surface area (Å²) in [6.07, 6.45) is 1.60. The summed E-state index contributed by atoms with van der Waals surface area (Å²) >= 11 is 5.82. The molecular formula is C11H21ClN4. The second-order valence-electron chi connectivity index (χ2n) is 4.52. The maximum Gasteiger partial charge on any atom is 0.141 e. The van der Waals surface area contributed by atoms with Crippen LogP contribution >= 0.6 is 11.6 Å². The van der Waals surface area contributed by atoms with Gasteiger partial charge in [0.05, 0.1) is 6.54 Å². The van der Waals surface area contributed by atoms with Crippen LogP contribution in [0.3, 0.4) is 0 Å². The Kier molecular flexibility index (Phi) is 5.22. The van der Waals surface area contributed by atoms with E-state index in [2.05, 4.69) is 43.1 Å². The molecule has 0 aliphatic rings. The quantitative estimate of drug-likeness (QED) is 0.781. The molecule has 1 N–H and O–H groups in total. The number of halogens is 1. The summed E-state index contributed by atoms with van der Waals surface area (Å²) in [7, 11) is 0. The van der Waals surface area contributed by atoms with Crippen molar-refractivity contribution in [2.75, 3.05) is 5.88 Å². The van der Waals surface area contributed by atoms with E-state index < -0.39 is 0 Å². The maximum atomic E-state index is 5.82. The first-order valence-electron chi connectivity index (χ1n) is 5.74. The van der Waals surface area contributed by atoms with Crippen molar-refractivity contribution in [3.8, 4) is 0 Å². The predicted octanol–water partition coefficient (Wildman–Crippen LogP) is 2.21. The van der Waals surface area contributed by atoms with Gasteiger partial charge in [-0.3, -0.25) is 0 Å². The number of hydrogen-bond acceptors (Lipinski definition) is 3. The summed E-state index contributed by atoms with van der Waals surface area (Å²) in [6, 6.07) is 0.731. The van der Waals surface area contributed by atoms with E-state index >= 15 is 0 Å². The number of nitrogens with one attached hydrogen (secondary N) is 1. The van der Waals surface area contributed by atoms with Gasteiger partial charge in [-0.05, 0) is 26.7 Å². The third kappa shape index (κ3) is 3.46. The Morgan fingerprint density at radius 2 is 2.06 bits per heavy atom. The molecule has 2 atom stereocenters. The van der Waals surface area contributed by atoms with Crippen LogP contribution in [0.5, 0.6) is 0 Å². The van der Waals surface area contributed by atoms with Crippen molar-refractivity contribution in [1.82, 2.24) is 20.1 Å². The minimum absolute atomic E-state index is 0.347. The molecule has 1 rings (SSSR count). The molecule has 0 saturated heterocycles. The molecule has 16 heavy (non-hydrogen) atoms. The Morgan fingerprint density at radius 1 is 1.38 bits per heavy atom. The van der Waals surface area contributed by atoms with E-state index in [4.69, 9.17) is 11.6 Å². The van der Waals surface area contributed by atoms with E-state index in [1.54, 1.807) is 6.33 Å². The van der Waals surface area contributed by atoms with Gasteiger partial charge < -0.3 is 5.32 Å². The molecule has 0 amide bonds. The standard InChI is InChI=1S/C11H21ClN4/c1-8(2)16-11(14-7-15-16)6-13-10(4)9(3)5-12/h7-10,13H,5-6H2,1-4H3. The second-order valence-corrected chi connectivity index (χ2v) is 4.82. The number of nitrogens with zero attached hydrogens (tertiary/aromatic N) is 3. The lowest BCUT2D eigenvalue weighted by Crippen LogP contribution is -2.33. The summed E-state index contributed by atoms with van der Waals surface area (Å²) in [4.78, 5) is 4.25. The molecule has 0 aromatic carbocycles. The zero-order chi connectivity index (χ0) is 12.1. The van der Waals surface area contributed by atoms with Gasteiger partial charge in [0.15, 0.2) is 0 Å². The SMILES string of the molecule is CC(CCl)C(C)NCc1ncnn1C(C)C. The average molecular weight is 245 g/mol. The van der Waals surface area contributed by atoms with E-state index in [1.165, 1.54) is 0 Å². The Bertz CT molecular complexity index is 311. The van der Waals surface area contributed by atoms with Crippen molar-refractivity contribution < 1.29 is 0 Å². The van der Waals surface area contributed by atoms with Crippen LogP contribution in [0.15, 0.2) is 6.33 Å². The molecule has 4 nitrogen and oxygen atoms in total. The van der Waals surface area contributed by atoms with Crippen LogP contribution in [0, 0.1) is 5.92 Å². The van der Waals surface area contributed by atoms with Crippen molar-refractivity contribution in [3.63, 3.8) is 0 Å². The Hall–Kier alpha value is -0.610. The highest BCUT2D eigenvalue weighted by atomic mass is 35.5.